The summed E-state index contributed by atoms with van der Waals surface area (Å²) in [6, 6.07) is 9.38. The van der Waals surface area contributed by atoms with Gasteiger partial charge in [0.25, 0.3) is 0 Å². The fraction of sp³-hybridized carbons (Fsp3) is 0.240. The van der Waals surface area contributed by atoms with Crippen LogP contribution >= 0.6 is 0 Å². The molecule has 0 amide bonds. The van der Waals surface area contributed by atoms with E-state index in [1.54, 1.807) is 24.3 Å². The van der Waals surface area contributed by atoms with Gasteiger partial charge in [0.15, 0.2) is 0 Å². The van der Waals surface area contributed by atoms with Gasteiger partial charge in [-0.05, 0) is 5.56 Å². The largest absolute Gasteiger partial charge is 0.466 e. The number of methoxy groups -OCH3 is 4. The molecule has 1 aromatic rings. The van der Waals surface area contributed by atoms with Gasteiger partial charge >= 0.3 is 23.9 Å². The molecular weight excluding hydrogens is 442 g/mol. The molecule has 1 aromatic carbocycles. The second-order valence-electron chi connectivity index (χ2n) is 6.91. The Labute approximate surface area is 197 Å². The quantitative estimate of drug-likeness (QED) is 0.179. The Morgan fingerprint density at radius 3 is 1.94 bits per heavy atom. The molecule has 34 heavy (non-hydrogen) atoms. The molecule has 9 nitrogen and oxygen atoms in total. The number of esters is 4. The number of hydrogen-bond donors (Lipinski definition) is 0. The number of ether oxygens (including phenoxy) is 4. The molecule has 0 fully saturated rings. The molecule has 0 heterocycles. The highest BCUT2D eigenvalue weighted by Gasteiger charge is 2.42. The van der Waals surface area contributed by atoms with E-state index < -0.39 is 40.4 Å². The number of benzene rings is 1. The molecule has 0 spiro atoms. The maximum absolute atomic E-state index is 13.1. The van der Waals surface area contributed by atoms with Gasteiger partial charge < -0.3 is 18.9 Å². The number of hydrogen-bond acceptors (Lipinski definition) is 9. The van der Waals surface area contributed by atoms with Gasteiger partial charge in [-0.2, -0.15) is 0 Å². The lowest BCUT2D eigenvalue weighted by Crippen LogP contribution is -2.31. The van der Waals surface area contributed by atoms with Crippen LogP contribution in [0.5, 0.6) is 0 Å². The molecular formula is C25H25NO8. The molecule has 0 unspecified atom stereocenters. The number of aliphatic imine (C=N–C) groups is 1. The van der Waals surface area contributed by atoms with Gasteiger partial charge in [0.2, 0.25) is 0 Å². The number of carbonyl (C=O) groups is 4. The average molecular weight is 467 g/mol. The molecule has 178 valence electrons. The van der Waals surface area contributed by atoms with E-state index in [0.717, 1.165) is 40.1 Å². The molecule has 0 bridgehead atoms. The second-order valence-corrected chi connectivity index (χ2v) is 6.91. The van der Waals surface area contributed by atoms with Crippen LogP contribution in [0.3, 0.4) is 0 Å². The Kier molecular flexibility index (Phi) is 9.25. The van der Waals surface area contributed by atoms with Crippen LogP contribution in [0.1, 0.15) is 5.56 Å². The van der Waals surface area contributed by atoms with Gasteiger partial charge in [-0.25, -0.2) is 19.2 Å². The van der Waals surface area contributed by atoms with E-state index in [4.69, 9.17) is 14.2 Å². The van der Waals surface area contributed by atoms with Crippen molar-refractivity contribution in [1.82, 2.24) is 0 Å². The zero-order valence-corrected chi connectivity index (χ0v) is 19.3. The van der Waals surface area contributed by atoms with Crippen molar-refractivity contribution in [3.05, 3.63) is 83.0 Å². The van der Waals surface area contributed by atoms with Crippen molar-refractivity contribution in [2.45, 2.75) is 6.54 Å². The summed E-state index contributed by atoms with van der Waals surface area (Å²) in [5.41, 5.74) is -1.81. The minimum Gasteiger partial charge on any atom is -0.466 e. The van der Waals surface area contributed by atoms with Crippen molar-refractivity contribution in [2.75, 3.05) is 28.4 Å². The highest BCUT2D eigenvalue weighted by atomic mass is 16.5. The molecule has 1 aliphatic carbocycles. The highest BCUT2D eigenvalue weighted by molar-refractivity contribution is 6.16. The normalized spacial score (nSPS) is 15.0. The molecule has 0 aliphatic heterocycles. The van der Waals surface area contributed by atoms with Crippen molar-refractivity contribution in [3.8, 4) is 0 Å². The Bertz CT molecular complexity index is 1080. The first-order valence-electron chi connectivity index (χ1n) is 10.0. The molecule has 0 N–H and O–H groups in total. The lowest BCUT2D eigenvalue weighted by atomic mass is 9.78. The minimum atomic E-state index is -1.38. The molecule has 0 atom stereocenters. The summed E-state index contributed by atoms with van der Waals surface area (Å²) in [6.45, 7) is 0.286. The fourth-order valence-corrected chi connectivity index (χ4v) is 3.25. The second kappa shape index (κ2) is 12.1. The third-order valence-electron chi connectivity index (χ3n) is 4.88. The molecule has 0 saturated heterocycles. The van der Waals surface area contributed by atoms with E-state index in [1.165, 1.54) is 6.21 Å². The Hall–Kier alpha value is -4.27. The smallest absolute Gasteiger partial charge is 0.339 e. The first-order chi connectivity index (χ1) is 16.3. The van der Waals surface area contributed by atoms with Gasteiger partial charge in [0.1, 0.15) is 0 Å². The summed E-state index contributed by atoms with van der Waals surface area (Å²) in [6.07, 6.45) is 8.70. The Balaban J connectivity index is 2.82. The van der Waals surface area contributed by atoms with Gasteiger partial charge in [-0.15, -0.1) is 0 Å². The number of rotatable bonds is 9. The maximum atomic E-state index is 13.1. The average Bonchev–Trinajstić information content (AvgIpc) is 3.34. The highest BCUT2D eigenvalue weighted by Crippen LogP contribution is 2.38. The topological polar surface area (TPSA) is 118 Å². The van der Waals surface area contributed by atoms with Gasteiger partial charge in [0, 0.05) is 12.3 Å². The van der Waals surface area contributed by atoms with E-state index >= 15 is 0 Å². The number of nitrogens with zero attached hydrogens (tertiary/aromatic N) is 1. The minimum absolute atomic E-state index is 0.286. The summed E-state index contributed by atoms with van der Waals surface area (Å²) in [7, 11) is 4.35. The van der Waals surface area contributed by atoms with E-state index in [9.17, 15) is 19.2 Å². The van der Waals surface area contributed by atoms with Crippen LogP contribution in [0.25, 0.3) is 0 Å². The first kappa shape index (κ1) is 26.0. The molecule has 9 heteroatoms. The van der Waals surface area contributed by atoms with E-state index in [-0.39, 0.29) is 12.1 Å². The third kappa shape index (κ3) is 5.94. The van der Waals surface area contributed by atoms with Crippen LogP contribution in [-0.4, -0.2) is 58.5 Å². The van der Waals surface area contributed by atoms with E-state index in [2.05, 4.69) is 9.73 Å². The first-order valence-corrected chi connectivity index (χ1v) is 10.0. The molecule has 1 aliphatic rings. The van der Waals surface area contributed by atoms with Gasteiger partial charge in [-0.1, -0.05) is 54.6 Å². The zero-order chi connectivity index (χ0) is 25.1. The van der Waals surface area contributed by atoms with Crippen molar-refractivity contribution < 1.29 is 38.1 Å². The van der Waals surface area contributed by atoms with Crippen molar-refractivity contribution in [2.24, 2.45) is 10.4 Å². The molecule has 2 rings (SSSR count). The van der Waals surface area contributed by atoms with Crippen LogP contribution in [0, 0.1) is 5.41 Å². The van der Waals surface area contributed by atoms with Crippen molar-refractivity contribution in [1.29, 1.82) is 0 Å². The third-order valence-corrected chi connectivity index (χ3v) is 4.88. The maximum Gasteiger partial charge on any atom is 0.339 e. The summed E-state index contributed by atoms with van der Waals surface area (Å²) in [4.78, 5) is 55.0. The fourth-order valence-electron chi connectivity index (χ4n) is 3.25. The van der Waals surface area contributed by atoms with Gasteiger partial charge in [-0.3, -0.25) is 4.99 Å². The lowest BCUT2D eigenvalue weighted by molar-refractivity contribution is -0.141. The molecule has 0 radical (unpaired) electrons. The summed E-state index contributed by atoms with van der Waals surface area (Å²) < 4.78 is 19.2. The van der Waals surface area contributed by atoms with Crippen molar-refractivity contribution in [3.63, 3.8) is 0 Å². The standard InChI is InChI=1S/C25H25NO8/c1-31-19(27)14-18(22(28)32-2)20(23(29)33-3)21(24(30)34-4)25(12-8-9-13-25)16-26-15-17-10-6-5-7-11-17/h5-14,16H,15H2,1-4H3/b18-14-,21-20-,26-16?. The predicted molar refractivity (Wildman–Crippen MR) is 123 cm³/mol. The van der Waals surface area contributed by atoms with Gasteiger partial charge in [0.05, 0.1) is 57.1 Å². The van der Waals surface area contributed by atoms with Crippen LogP contribution in [0.4, 0.5) is 0 Å². The van der Waals surface area contributed by atoms with E-state index in [0.29, 0.717) is 0 Å². The summed E-state index contributed by atoms with van der Waals surface area (Å²) in [5, 5.41) is 0. The number of carbonyl (C=O) groups excluding carboxylic acids is 4. The lowest BCUT2D eigenvalue weighted by Gasteiger charge is -2.25. The van der Waals surface area contributed by atoms with Crippen LogP contribution in [0.2, 0.25) is 0 Å². The Morgan fingerprint density at radius 2 is 1.41 bits per heavy atom. The SMILES string of the molecule is COC(=O)/C=C(C(=O)OC)/C(C(=O)OC)=C(\C(=O)OC)C1(C=NCc2ccccc2)C=CC=C1. The number of allylic oxidation sites excluding steroid dienone is 4. The summed E-state index contributed by atoms with van der Waals surface area (Å²) >= 11 is 0. The van der Waals surface area contributed by atoms with Crippen molar-refractivity contribution >= 4 is 30.1 Å². The summed E-state index contributed by atoms with van der Waals surface area (Å²) in [5.74, 6) is -4.02. The van der Waals surface area contributed by atoms with E-state index in [1.807, 2.05) is 30.3 Å². The molecule has 0 saturated carbocycles. The molecule has 0 aromatic heterocycles. The zero-order valence-electron chi connectivity index (χ0n) is 19.3. The van der Waals surface area contributed by atoms with Crippen LogP contribution in [-0.2, 0) is 44.7 Å². The van der Waals surface area contributed by atoms with Crippen LogP contribution in [0.15, 0.2) is 82.4 Å². The van der Waals surface area contributed by atoms with Crippen LogP contribution < -0.4 is 0 Å². The monoisotopic (exact) mass is 467 g/mol. The Morgan fingerprint density at radius 1 is 0.824 bits per heavy atom. The predicted octanol–water partition coefficient (Wildman–Crippen LogP) is 2.28.